The van der Waals surface area contributed by atoms with E-state index in [9.17, 15) is 0 Å². The zero-order chi connectivity index (χ0) is 8.27. The van der Waals surface area contributed by atoms with Gasteiger partial charge in [0.2, 0.25) is 0 Å². The molecule has 0 saturated carbocycles. The van der Waals surface area contributed by atoms with Crippen molar-refractivity contribution in [1.82, 2.24) is 0 Å². The number of nitrogens with zero attached hydrogens (tertiary/aromatic N) is 1. The van der Waals surface area contributed by atoms with Crippen LogP contribution in [0.1, 0.15) is 19.8 Å². The fourth-order valence-electron chi connectivity index (χ4n) is 1.36. The maximum absolute atomic E-state index is 4.22. The standard InChI is InChI=1S/C9H14BN/c1-3-7-4-5-8(10)6-9(7)11-2/h3,6H,4-5,10H2,1-2H3/b7-3-,11-9-. The van der Waals surface area contributed by atoms with E-state index in [4.69, 9.17) is 0 Å². The van der Waals surface area contributed by atoms with Crippen LogP contribution in [-0.2, 0) is 0 Å². The van der Waals surface area contributed by atoms with Crippen molar-refractivity contribution in [2.24, 2.45) is 4.99 Å². The molecule has 1 aliphatic rings. The van der Waals surface area contributed by atoms with E-state index in [-0.39, 0.29) is 0 Å². The van der Waals surface area contributed by atoms with Crippen LogP contribution in [0.4, 0.5) is 0 Å². The summed E-state index contributed by atoms with van der Waals surface area (Å²) in [5.41, 5.74) is 3.99. The first-order valence-electron chi connectivity index (χ1n) is 4.07. The van der Waals surface area contributed by atoms with Crippen LogP contribution in [0.2, 0.25) is 0 Å². The van der Waals surface area contributed by atoms with Gasteiger partial charge in [-0.15, -0.1) is 5.47 Å². The minimum absolute atomic E-state index is 1.16. The van der Waals surface area contributed by atoms with Crippen LogP contribution in [-0.4, -0.2) is 20.6 Å². The molecule has 0 fully saturated rings. The summed E-state index contributed by atoms with van der Waals surface area (Å²) in [4.78, 5) is 4.22. The molecule has 0 spiro atoms. The highest BCUT2D eigenvalue weighted by molar-refractivity contribution is 6.26. The van der Waals surface area contributed by atoms with Crippen LogP contribution in [0.15, 0.2) is 28.2 Å². The lowest BCUT2D eigenvalue weighted by Gasteiger charge is -2.14. The quantitative estimate of drug-likeness (QED) is 0.458. The minimum atomic E-state index is 1.16. The summed E-state index contributed by atoms with van der Waals surface area (Å²) >= 11 is 0. The highest BCUT2D eigenvalue weighted by atomic mass is 14.7. The van der Waals surface area contributed by atoms with Crippen molar-refractivity contribution < 1.29 is 0 Å². The Hall–Kier alpha value is -0.785. The average Bonchev–Trinajstić information content (AvgIpc) is 2.04. The number of hydrogen-bond donors (Lipinski definition) is 0. The molecule has 0 unspecified atom stereocenters. The van der Waals surface area contributed by atoms with E-state index in [1.165, 1.54) is 17.5 Å². The smallest absolute Gasteiger partial charge is 0.134 e. The number of rotatable bonds is 0. The molecule has 58 valence electrons. The maximum Gasteiger partial charge on any atom is 0.134 e. The number of aliphatic imine (C=N–C) groups is 1. The summed E-state index contributed by atoms with van der Waals surface area (Å²) in [6.07, 6.45) is 6.69. The Labute approximate surface area is 69.3 Å². The third-order valence-electron chi connectivity index (χ3n) is 2.09. The first-order valence-corrected chi connectivity index (χ1v) is 4.07. The van der Waals surface area contributed by atoms with Crippen LogP contribution in [0, 0.1) is 0 Å². The van der Waals surface area contributed by atoms with E-state index >= 15 is 0 Å². The van der Waals surface area contributed by atoms with Crippen molar-refractivity contribution in [2.75, 3.05) is 7.05 Å². The Balaban J connectivity index is 2.94. The third kappa shape index (κ3) is 1.82. The lowest BCUT2D eigenvalue weighted by molar-refractivity contribution is 0.984. The van der Waals surface area contributed by atoms with E-state index in [2.05, 4.69) is 31.9 Å². The van der Waals surface area contributed by atoms with Gasteiger partial charge in [0.1, 0.15) is 7.85 Å². The second-order valence-corrected chi connectivity index (χ2v) is 2.91. The lowest BCUT2D eigenvalue weighted by atomic mass is 9.82. The van der Waals surface area contributed by atoms with Gasteiger partial charge < -0.3 is 0 Å². The van der Waals surface area contributed by atoms with Gasteiger partial charge >= 0.3 is 0 Å². The normalized spacial score (nSPS) is 25.8. The Morgan fingerprint density at radius 1 is 1.55 bits per heavy atom. The van der Waals surface area contributed by atoms with Gasteiger partial charge in [-0.05, 0) is 31.4 Å². The highest BCUT2D eigenvalue weighted by Gasteiger charge is 2.08. The van der Waals surface area contributed by atoms with Crippen LogP contribution in [0.3, 0.4) is 0 Å². The Morgan fingerprint density at radius 3 is 2.82 bits per heavy atom. The first kappa shape index (κ1) is 8.31. The van der Waals surface area contributed by atoms with E-state index in [1.54, 1.807) is 0 Å². The molecule has 2 heteroatoms. The van der Waals surface area contributed by atoms with Gasteiger partial charge in [0.15, 0.2) is 0 Å². The molecule has 0 aliphatic heterocycles. The molecular formula is C9H14BN. The third-order valence-corrected chi connectivity index (χ3v) is 2.09. The van der Waals surface area contributed by atoms with Crippen molar-refractivity contribution in [3.8, 4) is 0 Å². The minimum Gasteiger partial charge on any atom is -0.288 e. The number of hydrogen-bond acceptors (Lipinski definition) is 1. The summed E-state index contributed by atoms with van der Waals surface area (Å²) in [5, 5.41) is 0. The van der Waals surface area contributed by atoms with Gasteiger partial charge in [0, 0.05) is 7.05 Å². The average molecular weight is 147 g/mol. The molecule has 0 bridgehead atoms. The van der Waals surface area contributed by atoms with Gasteiger partial charge in [-0.25, -0.2) is 0 Å². The second kappa shape index (κ2) is 3.56. The van der Waals surface area contributed by atoms with E-state index in [0.29, 0.717) is 0 Å². The molecule has 0 N–H and O–H groups in total. The van der Waals surface area contributed by atoms with Crippen molar-refractivity contribution in [3.05, 3.63) is 23.2 Å². The molecule has 0 radical (unpaired) electrons. The molecule has 0 heterocycles. The van der Waals surface area contributed by atoms with Crippen molar-refractivity contribution in [3.63, 3.8) is 0 Å². The zero-order valence-electron chi connectivity index (χ0n) is 7.52. The molecule has 0 atom stereocenters. The van der Waals surface area contributed by atoms with Crippen LogP contribution < -0.4 is 0 Å². The Bertz CT molecular complexity index is 236. The summed E-state index contributed by atoms with van der Waals surface area (Å²) in [5.74, 6) is 0. The van der Waals surface area contributed by atoms with E-state index in [0.717, 1.165) is 12.1 Å². The van der Waals surface area contributed by atoms with E-state index < -0.39 is 0 Å². The predicted octanol–water partition coefficient (Wildman–Crippen LogP) is 1.31. The van der Waals surface area contributed by atoms with Crippen molar-refractivity contribution in [1.29, 1.82) is 0 Å². The molecular weight excluding hydrogens is 133 g/mol. The second-order valence-electron chi connectivity index (χ2n) is 2.91. The summed E-state index contributed by atoms with van der Waals surface area (Å²) in [7, 11) is 4.02. The van der Waals surface area contributed by atoms with Gasteiger partial charge in [0.05, 0.1) is 5.71 Å². The SMILES string of the molecule is BC1=CC(=N/C)/C(=C\C)CC1. The lowest BCUT2D eigenvalue weighted by Crippen LogP contribution is -2.07. The molecule has 0 aromatic carbocycles. The van der Waals surface area contributed by atoms with E-state index in [1.807, 2.05) is 7.05 Å². The van der Waals surface area contributed by atoms with Crippen LogP contribution >= 0.6 is 0 Å². The maximum atomic E-state index is 4.22. The van der Waals surface area contributed by atoms with Crippen molar-refractivity contribution in [2.45, 2.75) is 19.8 Å². The molecule has 0 amide bonds. The molecule has 11 heavy (non-hydrogen) atoms. The zero-order valence-corrected chi connectivity index (χ0v) is 7.52. The van der Waals surface area contributed by atoms with Crippen LogP contribution in [0.5, 0.6) is 0 Å². The topological polar surface area (TPSA) is 12.4 Å². The largest absolute Gasteiger partial charge is 0.288 e. The van der Waals surface area contributed by atoms with Crippen LogP contribution in [0.25, 0.3) is 0 Å². The summed E-state index contributed by atoms with van der Waals surface area (Å²) < 4.78 is 0. The van der Waals surface area contributed by atoms with Gasteiger partial charge in [0.25, 0.3) is 0 Å². The molecule has 1 rings (SSSR count). The monoisotopic (exact) mass is 147 g/mol. The Kier molecular flexibility index (Phi) is 2.69. The summed E-state index contributed by atoms with van der Waals surface area (Å²) in [6, 6.07) is 0. The molecule has 0 saturated heterocycles. The predicted molar refractivity (Wildman–Crippen MR) is 53.0 cm³/mol. The first-order chi connectivity index (χ1) is 5.27. The highest BCUT2D eigenvalue weighted by Crippen LogP contribution is 2.18. The molecule has 0 aromatic rings. The van der Waals surface area contributed by atoms with Gasteiger partial charge in [-0.3, -0.25) is 4.99 Å². The fourth-order valence-corrected chi connectivity index (χ4v) is 1.36. The van der Waals surface area contributed by atoms with Gasteiger partial charge in [-0.1, -0.05) is 6.08 Å². The molecule has 1 nitrogen and oxygen atoms in total. The molecule has 0 aromatic heterocycles. The fraction of sp³-hybridized carbons (Fsp3) is 0.444. The molecule has 1 aliphatic carbocycles. The van der Waals surface area contributed by atoms with Crippen molar-refractivity contribution >= 4 is 13.6 Å². The Morgan fingerprint density at radius 2 is 2.27 bits per heavy atom. The van der Waals surface area contributed by atoms with Gasteiger partial charge in [-0.2, -0.15) is 0 Å². The number of allylic oxidation sites excluding steroid dienone is 4. The summed E-state index contributed by atoms with van der Waals surface area (Å²) in [6.45, 7) is 2.08.